The average molecular weight is 222 g/mol. The predicted octanol–water partition coefficient (Wildman–Crippen LogP) is 2.61. The number of hydrogen-bond donors (Lipinski definition) is 0. The molecule has 0 saturated heterocycles. The maximum absolute atomic E-state index is 12.7. The Hall–Kier alpha value is -1.33. The van der Waals surface area contributed by atoms with E-state index in [0.29, 0.717) is 0 Å². The Morgan fingerprint density at radius 2 is 2.07 bits per heavy atom. The summed E-state index contributed by atoms with van der Waals surface area (Å²) in [6.07, 6.45) is -3.15. The van der Waals surface area contributed by atoms with Gasteiger partial charge in [0.05, 0.1) is 0 Å². The lowest BCUT2D eigenvalue weighted by Crippen LogP contribution is -2.34. The number of alkyl halides is 3. The van der Waals surface area contributed by atoms with Crippen LogP contribution in [0.3, 0.4) is 0 Å². The number of pyridine rings is 1. The number of halogens is 4. The van der Waals surface area contributed by atoms with Crippen LogP contribution >= 0.6 is 0 Å². The first-order valence-electron chi connectivity index (χ1n) is 4.35. The molecular formula is C9H10F4N2. The highest BCUT2D eigenvalue weighted by atomic mass is 19.4. The number of hydrogen-bond acceptors (Lipinski definition) is 2. The number of rotatable bonds is 3. The van der Waals surface area contributed by atoms with Gasteiger partial charge in [0.25, 0.3) is 0 Å². The van der Waals surface area contributed by atoms with Crippen LogP contribution in [0.5, 0.6) is 0 Å². The van der Waals surface area contributed by atoms with Crippen molar-refractivity contribution in [3.63, 3.8) is 0 Å². The molecule has 15 heavy (non-hydrogen) atoms. The zero-order valence-corrected chi connectivity index (χ0v) is 8.05. The van der Waals surface area contributed by atoms with E-state index in [0.717, 1.165) is 17.2 Å². The first-order valence-corrected chi connectivity index (χ1v) is 4.35. The second-order valence-corrected chi connectivity index (χ2v) is 2.97. The monoisotopic (exact) mass is 222 g/mol. The van der Waals surface area contributed by atoms with Gasteiger partial charge in [0, 0.05) is 24.5 Å². The lowest BCUT2D eigenvalue weighted by molar-refractivity contribution is -0.119. The molecule has 6 heteroatoms. The third-order valence-electron chi connectivity index (χ3n) is 1.83. The summed E-state index contributed by atoms with van der Waals surface area (Å²) >= 11 is 0. The Balaban J connectivity index is 2.83. The van der Waals surface area contributed by atoms with E-state index in [1.54, 1.807) is 6.92 Å². The second-order valence-electron chi connectivity index (χ2n) is 2.97. The van der Waals surface area contributed by atoms with E-state index in [2.05, 4.69) is 4.98 Å². The molecule has 0 saturated carbocycles. The van der Waals surface area contributed by atoms with E-state index in [-0.39, 0.29) is 12.2 Å². The molecule has 0 aromatic carbocycles. The van der Waals surface area contributed by atoms with Gasteiger partial charge in [-0.3, -0.25) is 0 Å². The summed E-state index contributed by atoms with van der Waals surface area (Å²) in [5.74, 6) is -0.784. The maximum atomic E-state index is 12.7. The molecule has 84 valence electrons. The van der Waals surface area contributed by atoms with Gasteiger partial charge in [-0.1, -0.05) is 0 Å². The van der Waals surface area contributed by atoms with Crippen molar-refractivity contribution in [3.05, 3.63) is 24.3 Å². The van der Waals surface area contributed by atoms with Crippen molar-refractivity contribution >= 4 is 5.69 Å². The van der Waals surface area contributed by atoms with E-state index >= 15 is 0 Å². The van der Waals surface area contributed by atoms with Crippen LogP contribution in [0.15, 0.2) is 18.3 Å². The molecule has 0 aliphatic carbocycles. The molecule has 0 aliphatic heterocycles. The minimum absolute atomic E-state index is 0.156. The molecule has 0 atom stereocenters. The maximum Gasteiger partial charge on any atom is 0.405 e. The fourth-order valence-corrected chi connectivity index (χ4v) is 1.19. The van der Waals surface area contributed by atoms with Crippen molar-refractivity contribution < 1.29 is 17.6 Å². The topological polar surface area (TPSA) is 16.1 Å². The average Bonchev–Trinajstić information content (AvgIpc) is 2.13. The summed E-state index contributed by atoms with van der Waals surface area (Å²) in [6, 6.07) is 2.33. The minimum Gasteiger partial charge on any atom is -0.363 e. The molecule has 1 aromatic rings. The molecule has 0 bridgehead atoms. The molecule has 1 rings (SSSR count). The number of anilines is 1. The van der Waals surface area contributed by atoms with E-state index in [1.807, 2.05) is 0 Å². The number of aromatic nitrogens is 1. The highest BCUT2D eigenvalue weighted by Gasteiger charge is 2.30. The first-order chi connectivity index (χ1) is 6.92. The molecule has 0 unspecified atom stereocenters. The standard InChI is InChI=1S/C9H10F4N2/c1-2-15(6-9(11,12)13)7-3-4-14-8(10)5-7/h3-5H,2,6H2,1H3. The summed E-state index contributed by atoms with van der Waals surface area (Å²) in [7, 11) is 0. The predicted molar refractivity (Wildman–Crippen MR) is 48.1 cm³/mol. The lowest BCUT2D eigenvalue weighted by Gasteiger charge is -2.24. The second kappa shape index (κ2) is 4.46. The van der Waals surface area contributed by atoms with Gasteiger partial charge in [-0.05, 0) is 13.0 Å². The van der Waals surface area contributed by atoms with Crippen LogP contribution in [0.4, 0.5) is 23.2 Å². The first kappa shape index (κ1) is 11.7. The molecule has 0 N–H and O–H groups in total. The normalized spacial score (nSPS) is 11.5. The van der Waals surface area contributed by atoms with Crippen LogP contribution in [0.2, 0.25) is 0 Å². The molecule has 2 nitrogen and oxygen atoms in total. The molecule has 1 heterocycles. The van der Waals surface area contributed by atoms with E-state index in [9.17, 15) is 17.6 Å². The van der Waals surface area contributed by atoms with Crippen LogP contribution in [0.1, 0.15) is 6.92 Å². The van der Waals surface area contributed by atoms with Gasteiger partial charge in [0.1, 0.15) is 6.54 Å². The Labute approximate surface area is 84.5 Å². The highest BCUT2D eigenvalue weighted by molar-refractivity contribution is 5.44. The molecule has 0 radical (unpaired) electrons. The van der Waals surface area contributed by atoms with Crippen LogP contribution < -0.4 is 4.90 Å². The quantitative estimate of drug-likeness (QED) is 0.577. The van der Waals surface area contributed by atoms with Crippen molar-refractivity contribution in [1.82, 2.24) is 4.98 Å². The molecule has 0 aliphatic rings. The third-order valence-corrected chi connectivity index (χ3v) is 1.83. The summed E-state index contributed by atoms with van der Waals surface area (Å²) in [5, 5.41) is 0. The van der Waals surface area contributed by atoms with Crippen molar-refractivity contribution in [2.24, 2.45) is 0 Å². The van der Waals surface area contributed by atoms with Crippen LogP contribution in [0, 0.1) is 5.95 Å². The summed E-state index contributed by atoms with van der Waals surface area (Å²) in [6.45, 7) is 0.639. The van der Waals surface area contributed by atoms with E-state index in [1.165, 1.54) is 6.07 Å². The van der Waals surface area contributed by atoms with Crippen LogP contribution in [-0.2, 0) is 0 Å². The van der Waals surface area contributed by atoms with Gasteiger partial charge in [-0.25, -0.2) is 4.98 Å². The summed E-state index contributed by atoms with van der Waals surface area (Å²) < 4.78 is 49.1. The Bertz CT molecular complexity index is 324. The van der Waals surface area contributed by atoms with Gasteiger partial charge in [-0.15, -0.1) is 0 Å². The van der Waals surface area contributed by atoms with Crippen molar-refractivity contribution in [2.75, 3.05) is 18.0 Å². The molecular weight excluding hydrogens is 212 g/mol. The number of nitrogens with zero attached hydrogens (tertiary/aromatic N) is 2. The van der Waals surface area contributed by atoms with Gasteiger partial charge >= 0.3 is 6.18 Å². The third kappa shape index (κ3) is 3.73. The summed E-state index contributed by atoms with van der Waals surface area (Å²) in [4.78, 5) is 4.31. The summed E-state index contributed by atoms with van der Waals surface area (Å²) in [5.41, 5.74) is 0.183. The van der Waals surface area contributed by atoms with E-state index < -0.39 is 18.7 Å². The van der Waals surface area contributed by atoms with Crippen molar-refractivity contribution in [1.29, 1.82) is 0 Å². The van der Waals surface area contributed by atoms with Crippen molar-refractivity contribution in [2.45, 2.75) is 13.1 Å². The smallest absolute Gasteiger partial charge is 0.363 e. The van der Waals surface area contributed by atoms with Crippen molar-refractivity contribution in [3.8, 4) is 0 Å². The fourth-order valence-electron chi connectivity index (χ4n) is 1.19. The van der Waals surface area contributed by atoms with Gasteiger partial charge in [0.15, 0.2) is 0 Å². The van der Waals surface area contributed by atoms with Crippen LogP contribution in [0.25, 0.3) is 0 Å². The largest absolute Gasteiger partial charge is 0.405 e. The van der Waals surface area contributed by atoms with Gasteiger partial charge < -0.3 is 4.90 Å². The SMILES string of the molecule is CCN(CC(F)(F)F)c1ccnc(F)c1. The molecule has 0 fully saturated rings. The fraction of sp³-hybridized carbons (Fsp3) is 0.444. The highest BCUT2D eigenvalue weighted by Crippen LogP contribution is 2.21. The zero-order chi connectivity index (χ0) is 11.5. The Kier molecular flexibility index (Phi) is 3.49. The van der Waals surface area contributed by atoms with E-state index in [4.69, 9.17) is 0 Å². The lowest BCUT2D eigenvalue weighted by atomic mass is 10.3. The van der Waals surface area contributed by atoms with Crippen LogP contribution in [-0.4, -0.2) is 24.2 Å². The van der Waals surface area contributed by atoms with Gasteiger partial charge in [0.2, 0.25) is 5.95 Å². The Morgan fingerprint density at radius 1 is 1.40 bits per heavy atom. The molecule has 0 amide bonds. The Morgan fingerprint density at radius 3 is 2.53 bits per heavy atom. The molecule has 1 aromatic heterocycles. The minimum atomic E-state index is -4.30. The molecule has 0 spiro atoms. The zero-order valence-electron chi connectivity index (χ0n) is 8.05. The van der Waals surface area contributed by atoms with Gasteiger partial charge in [-0.2, -0.15) is 17.6 Å².